The zero-order valence-electron chi connectivity index (χ0n) is 23.1. The van der Waals surface area contributed by atoms with Crippen LogP contribution in [0, 0.1) is 13.8 Å². The van der Waals surface area contributed by atoms with Crippen LogP contribution in [-0.4, -0.2) is 63.9 Å². The van der Waals surface area contributed by atoms with Crippen LogP contribution < -0.4 is 11.1 Å². The number of amides is 1. The maximum Gasteiger partial charge on any atom is 0.220 e. The Morgan fingerprint density at radius 1 is 1.22 bits per heavy atom. The number of carbonyl (C=O) groups excluding carboxylic acids is 1. The first-order valence-electron chi connectivity index (χ1n) is 12.0. The molecule has 3 heterocycles. The first kappa shape index (κ1) is 32.6. The standard InChI is InChI=1S/C15H21N5O.C5H6N2OS.C3H7BrO.C2H6/c1-9-11-13(20(19-9)5-6-21-4)12-10(7-15(11,2)3)8-17-14(16)18-12;1-4-2-9-5(7-4)6-3-8;1-5-3-2-4;1-2/h8H,5-7H2,1-4H3,(H2,16,17,18);2-3H,1H3,(H,6,7,8);2-3H2,1H3;1-2H3. The summed E-state index contributed by atoms with van der Waals surface area (Å²) in [6, 6.07) is 0. The van der Waals surface area contributed by atoms with Crippen molar-refractivity contribution in [3.8, 4) is 11.4 Å². The largest absolute Gasteiger partial charge is 0.384 e. The van der Waals surface area contributed by atoms with E-state index in [1.165, 1.54) is 16.9 Å². The Kier molecular flexibility index (Phi) is 14.5. The monoisotopic (exact) mass is 597 g/mol. The Balaban J connectivity index is 0.000000354. The third-order valence-electron chi connectivity index (χ3n) is 5.13. The summed E-state index contributed by atoms with van der Waals surface area (Å²) >= 11 is 4.61. The predicted octanol–water partition coefficient (Wildman–Crippen LogP) is 4.78. The maximum absolute atomic E-state index is 9.84. The number of nitrogens with one attached hydrogen (secondary N) is 1. The van der Waals surface area contributed by atoms with Gasteiger partial charge in [0.1, 0.15) is 0 Å². The molecule has 1 aliphatic rings. The summed E-state index contributed by atoms with van der Waals surface area (Å²) < 4.78 is 11.8. The minimum atomic E-state index is 0.0111. The Morgan fingerprint density at radius 3 is 2.41 bits per heavy atom. The van der Waals surface area contributed by atoms with Crippen LogP contribution in [0.25, 0.3) is 11.4 Å². The lowest BCUT2D eigenvalue weighted by Crippen LogP contribution is -2.27. The third-order valence-corrected chi connectivity index (χ3v) is 6.35. The molecule has 0 fully saturated rings. The molecule has 206 valence electrons. The Hall–Kier alpha value is -2.41. The minimum absolute atomic E-state index is 0.0111. The molecule has 0 atom stereocenters. The number of thiazole rings is 1. The van der Waals surface area contributed by atoms with E-state index in [1.807, 2.05) is 37.0 Å². The lowest BCUT2D eigenvalue weighted by Gasteiger charge is -2.31. The fourth-order valence-corrected chi connectivity index (χ4v) is 4.81. The second-order valence-corrected chi connectivity index (χ2v) is 10.1. The summed E-state index contributed by atoms with van der Waals surface area (Å²) in [6.45, 7) is 14.5. The highest BCUT2D eigenvalue weighted by atomic mass is 79.9. The van der Waals surface area contributed by atoms with Crippen molar-refractivity contribution in [2.75, 3.05) is 43.8 Å². The highest BCUT2D eigenvalue weighted by Gasteiger charge is 2.37. The fraction of sp³-hybridized carbons (Fsp3) is 0.560. The molecule has 0 saturated carbocycles. The van der Waals surface area contributed by atoms with E-state index in [-0.39, 0.29) is 5.41 Å². The first-order valence-corrected chi connectivity index (χ1v) is 14.0. The molecule has 3 N–H and O–H groups in total. The molecule has 1 aliphatic carbocycles. The first-order chi connectivity index (χ1) is 17.7. The number of carbonyl (C=O) groups is 1. The van der Waals surface area contributed by atoms with Gasteiger partial charge in [0.05, 0.1) is 42.5 Å². The smallest absolute Gasteiger partial charge is 0.220 e. The van der Waals surface area contributed by atoms with Gasteiger partial charge < -0.3 is 20.5 Å². The van der Waals surface area contributed by atoms with Crippen molar-refractivity contribution in [2.45, 2.75) is 59.9 Å². The van der Waals surface area contributed by atoms with Crippen LogP contribution in [0.5, 0.6) is 0 Å². The third kappa shape index (κ3) is 9.44. The van der Waals surface area contributed by atoms with Crippen molar-refractivity contribution in [1.29, 1.82) is 0 Å². The number of nitrogen functional groups attached to an aromatic ring is 1. The minimum Gasteiger partial charge on any atom is -0.384 e. The molecular weight excluding hydrogens is 558 g/mol. The molecule has 0 bridgehead atoms. The fourth-order valence-electron chi connectivity index (χ4n) is 3.84. The summed E-state index contributed by atoms with van der Waals surface area (Å²) in [5.74, 6) is 0.302. The van der Waals surface area contributed by atoms with Gasteiger partial charge >= 0.3 is 0 Å². The van der Waals surface area contributed by atoms with E-state index < -0.39 is 0 Å². The highest BCUT2D eigenvalue weighted by Crippen LogP contribution is 2.43. The Morgan fingerprint density at radius 2 is 1.89 bits per heavy atom. The lowest BCUT2D eigenvalue weighted by molar-refractivity contribution is -0.105. The van der Waals surface area contributed by atoms with E-state index in [0.29, 0.717) is 30.6 Å². The number of nitrogens with two attached hydrogens (primary N) is 1. The van der Waals surface area contributed by atoms with Crippen molar-refractivity contribution in [3.05, 3.63) is 34.1 Å². The van der Waals surface area contributed by atoms with Crippen molar-refractivity contribution < 1.29 is 14.3 Å². The summed E-state index contributed by atoms with van der Waals surface area (Å²) in [5, 5.41) is 10.6. The van der Waals surface area contributed by atoms with E-state index >= 15 is 0 Å². The van der Waals surface area contributed by atoms with Gasteiger partial charge in [-0.3, -0.25) is 9.48 Å². The van der Waals surface area contributed by atoms with Gasteiger partial charge in [-0.05, 0) is 31.2 Å². The number of methoxy groups -OCH3 is 2. The zero-order valence-corrected chi connectivity index (χ0v) is 25.5. The van der Waals surface area contributed by atoms with E-state index in [2.05, 4.69) is 66.8 Å². The summed E-state index contributed by atoms with van der Waals surface area (Å²) in [4.78, 5) is 22.4. The normalized spacial score (nSPS) is 12.4. The quantitative estimate of drug-likeness (QED) is 0.294. The molecule has 37 heavy (non-hydrogen) atoms. The van der Waals surface area contributed by atoms with Gasteiger partial charge in [0, 0.05) is 36.7 Å². The number of rotatable bonds is 7. The molecule has 0 spiro atoms. The average molecular weight is 599 g/mol. The molecule has 0 aliphatic heterocycles. The van der Waals surface area contributed by atoms with E-state index in [0.717, 1.165) is 46.7 Å². The highest BCUT2D eigenvalue weighted by molar-refractivity contribution is 9.09. The zero-order chi connectivity index (χ0) is 28.0. The summed E-state index contributed by atoms with van der Waals surface area (Å²) in [7, 11) is 3.38. The molecule has 0 aromatic carbocycles. The number of hydrogen-bond acceptors (Lipinski definition) is 9. The Labute approximate surface area is 232 Å². The van der Waals surface area contributed by atoms with Gasteiger partial charge in [0.25, 0.3) is 0 Å². The number of aromatic nitrogens is 5. The number of nitrogens with zero attached hydrogens (tertiary/aromatic N) is 5. The van der Waals surface area contributed by atoms with Gasteiger partial charge in [-0.1, -0.05) is 43.6 Å². The van der Waals surface area contributed by atoms with E-state index in [4.69, 9.17) is 10.5 Å². The molecule has 12 heteroatoms. The second kappa shape index (κ2) is 16.4. The number of fused-ring (bicyclic) bond motifs is 3. The van der Waals surface area contributed by atoms with Crippen LogP contribution in [0.2, 0.25) is 0 Å². The molecule has 0 saturated heterocycles. The SMILES string of the molecule is CC.COCCBr.COCCn1nc(C)c2c1-c1nc(N)ncc1CC2(C)C.Cc1csc(NC=O)n1. The van der Waals surface area contributed by atoms with Gasteiger partial charge in [-0.25, -0.2) is 15.0 Å². The van der Waals surface area contributed by atoms with Gasteiger partial charge in [0.2, 0.25) is 12.4 Å². The summed E-state index contributed by atoms with van der Waals surface area (Å²) in [5.41, 5.74) is 12.1. The van der Waals surface area contributed by atoms with Crippen molar-refractivity contribution in [3.63, 3.8) is 0 Å². The number of aryl methyl sites for hydroxylation is 2. The maximum atomic E-state index is 9.84. The number of halogens is 1. The average Bonchev–Trinajstić information content (AvgIpc) is 3.44. The molecule has 3 aromatic heterocycles. The van der Waals surface area contributed by atoms with Crippen LogP contribution >= 0.6 is 27.3 Å². The molecule has 1 amide bonds. The topological polar surface area (TPSA) is 130 Å². The second-order valence-electron chi connectivity index (χ2n) is 8.43. The van der Waals surface area contributed by atoms with Crippen LogP contribution in [0.1, 0.15) is 50.2 Å². The molecule has 10 nitrogen and oxygen atoms in total. The molecule has 0 radical (unpaired) electrons. The Bertz CT molecular complexity index is 1100. The number of ether oxygens (including phenoxy) is 2. The van der Waals surface area contributed by atoms with Crippen molar-refractivity contribution >= 4 is 44.8 Å². The predicted molar refractivity (Wildman–Crippen MR) is 155 cm³/mol. The summed E-state index contributed by atoms with van der Waals surface area (Å²) in [6.07, 6.45) is 3.36. The molecular formula is C25H40BrN7O3S. The molecule has 3 aromatic rings. The van der Waals surface area contributed by atoms with Gasteiger partial charge in [0.15, 0.2) is 5.13 Å². The van der Waals surface area contributed by atoms with E-state index in [1.54, 1.807) is 14.2 Å². The number of anilines is 2. The number of hydrogen-bond donors (Lipinski definition) is 2. The van der Waals surface area contributed by atoms with E-state index in [9.17, 15) is 4.79 Å². The molecule has 4 rings (SSSR count). The van der Waals surface area contributed by atoms with Crippen LogP contribution in [0.3, 0.4) is 0 Å². The van der Waals surface area contributed by atoms with Crippen LogP contribution in [0.15, 0.2) is 11.6 Å². The van der Waals surface area contributed by atoms with Crippen molar-refractivity contribution in [1.82, 2.24) is 24.7 Å². The van der Waals surface area contributed by atoms with Crippen LogP contribution in [-0.2, 0) is 32.6 Å². The number of alkyl halides is 1. The van der Waals surface area contributed by atoms with Crippen molar-refractivity contribution in [2.24, 2.45) is 0 Å². The van der Waals surface area contributed by atoms with Crippen LogP contribution in [0.4, 0.5) is 11.1 Å². The van der Waals surface area contributed by atoms with Gasteiger partial charge in [-0.15, -0.1) is 11.3 Å². The lowest BCUT2D eigenvalue weighted by atomic mass is 9.73. The molecule has 0 unspecified atom stereocenters. The van der Waals surface area contributed by atoms with Gasteiger partial charge in [-0.2, -0.15) is 5.10 Å².